The summed E-state index contributed by atoms with van der Waals surface area (Å²) in [4.78, 5) is 17.7. The molecule has 5 nitrogen and oxygen atoms in total. The van der Waals surface area contributed by atoms with E-state index in [1.54, 1.807) is 12.1 Å². The van der Waals surface area contributed by atoms with Gasteiger partial charge in [-0.2, -0.15) is 5.26 Å². The highest BCUT2D eigenvalue weighted by Gasteiger charge is 2.30. The third-order valence-electron chi connectivity index (χ3n) is 3.69. The molecule has 1 unspecified atom stereocenters. The highest BCUT2D eigenvalue weighted by Crippen LogP contribution is 2.30. The maximum Gasteiger partial charge on any atom is 0.312 e. The minimum atomic E-state index is -0.833. The maximum absolute atomic E-state index is 11.5. The molecule has 0 bridgehead atoms. The summed E-state index contributed by atoms with van der Waals surface area (Å²) in [5, 5.41) is 18.2. The first-order valence-electron chi connectivity index (χ1n) is 6.61. The van der Waals surface area contributed by atoms with Crippen molar-refractivity contribution < 1.29 is 9.90 Å². The molecule has 0 fully saturated rings. The molecular formula is C16H13N3O2. The summed E-state index contributed by atoms with van der Waals surface area (Å²) in [7, 11) is 0. The molecule has 1 atom stereocenters. The SMILES string of the molecule is N#Cc1ccc(N2Cc3ccccc3C(C(=O)O)C2)nc1. The number of fused-ring (bicyclic) bond motifs is 1. The second kappa shape index (κ2) is 5.25. The Balaban J connectivity index is 1.96. The van der Waals surface area contributed by atoms with Gasteiger partial charge in [0.2, 0.25) is 0 Å². The number of pyridine rings is 1. The number of aromatic nitrogens is 1. The summed E-state index contributed by atoms with van der Waals surface area (Å²) >= 11 is 0. The standard InChI is InChI=1S/C16H13N3O2/c17-7-11-5-6-15(18-8-11)19-9-12-3-1-2-4-13(12)14(10-19)16(20)21/h1-6,8,14H,9-10H2,(H,20,21). The predicted molar refractivity (Wildman–Crippen MR) is 76.8 cm³/mol. The van der Waals surface area contributed by atoms with Gasteiger partial charge in [-0.1, -0.05) is 24.3 Å². The Morgan fingerprint density at radius 2 is 2.14 bits per heavy atom. The number of hydrogen-bond donors (Lipinski definition) is 1. The molecule has 3 rings (SSSR count). The minimum absolute atomic E-state index is 0.380. The smallest absolute Gasteiger partial charge is 0.312 e. The molecule has 0 aliphatic carbocycles. The van der Waals surface area contributed by atoms with Gasteiger partial charge in [-0.3, -0.25) is 4.79 Å². The lowest BCUT2D eigenvalue weighted by Crippen LogP contribution is -2.37. The van der Waals surface area contributed by atoms with Crippen LogP contribution in [0.15, 0.2) is 42.6 Å². The molecule has 0 spiro atoms. The third-order valence-corrected chi connectivity index (χ3v) is 3.69. The lowest BCUT2D eigenvalue weighted by atomic mass is 9.90. The molecule has 0 saturated heterocycles. The van der Waals surface area contributed by atoms with E-state index in [1.165, 1.54) is 6.20 Å². The number of hydrogen-bond acceptors (Lipinski definition) is 4. The molecule has 1 N–H and O–H groups in total. The van der Waals surface area contributed by atoms with Gasteiger partial charge in [-0.25, -0.2) is 4.98 Å². The Kier molecular flexibility index (Phi) is 3.28. The molecule has 1 aromatic carbocycles. The van der Waals surface area contributed by atoms with Crippen LogP contribution in [0.25, 0.3) is 0 Å². The van der Waals surface area contributed by atoms with Gasteiger partial charge in [-0.05, 0) is 23.3 Å². The van der Waals surface area contributed by atoms with Crippen LogP contribution < -0.4 is 4.90 Å². The zero-order valence-electron chi connectivity index (χ0n) is 11.2. The molecule has 21 heavy (non-hydrogen) atoms. The van der Waals surface area contributed by atoms with E-state index in [0.717, 1.165) is 11.1 Å². The summed E-state index contributed by atoms with van der Waals surface area (Å²) in [5.41, 5.74) is 2.36. The summed E-state index contributed by atoms with van der Waals surface area (Å²) in [6, 6.07) is 13.1. The van der Waals surface area contributed by atoms with E-state index in [-0.39, 0.29) is 0 Å². The zero-order valence-corrected chi connectivity index (χ0v) is 11.2. The van der Waals surface area contributed by atoms with Crippen LogP contribution in [0.4, 0.5) is 5.82 Å². The molecule has 1 aliphatic heterocycles. The maximum atomic E-state index is 11.5. The Bertz CT molecular complexity index is 719. The average molecular weight is 279 g/mol. The minimum Gasteiger partial charge on any atom is -0.481 e. The number of rotatable bonds is 2. The highest BCUT2D eigenvalue weighted by atomic mass is 16.4. The molecule has 0 saturated carbocycles. The molecule has 5 heteroatoms. The number of benzene rings is 1. The summed E-state index contributed by atoms with van der Waals surface area (Å²) < 4.78 is 0. The molecule has 104 valence electrons. The normalized spacial score (nSPS) is 16.9. The van der Waals surface area contributed by atoms with E-state index in [2.05, 4.69) is 4.98 Å². The second-order valence-corrected chi connectivity index (χ2v) is 4.99. The van der Waals surface area contributed by atoms with Gasteiger partial charge in [0.25, 0.3) is 0 Å². The largest absolute Gasteiger partial charge is 0.481 e. The van der Waals surface area contributed by atoms with E-state index >= 15 is 0 Å². The van der Waals surface area contributed by atoms with Crippen molar-refractivity contribution in [3.63, 3.8) is 0 Å². The van der Waals surface area contributed by atoms with E-state index in [4.69, 9.17) is 5.26 Å². The van der Waals surface area contributed by atoms with Crippen LogP contribution in [0, 0.1) is 11.3 Å². The van der Waals surface area contributed by atoms with Crippen molar-refractivity contribution in [2.75, 3.05) is 11.4 Å². The van der Waals surface area contributed by atoms with E-state index in [1.807, 2.05) is 35.2 Å². The molecule has 0 amide bonds. The van der Waals surface area contributed by atoms with Crippen molar-refractivity contribution in [2.45, 2.75) is 12.5 Å². The number of anilines is 1. The highest BCUT2D eigenvalue weighted by molar-refractivity contribution is 5.78. The Labute approximate surface area is 122 Å². The van der Waals surface area contributed by atoms with Crippen LogP contribution in [0.5, 0.6) is 0 Å². The van der Waals surface area contributed by atoms with E-state index in [9.17, 15) is 9.90 Å². The number of carboxylic acid groups (broad SMARTS) is 1. The monoisotopic (exact) mass is 279 g/mol. The van der Waals surface area contributed by atoms with Crippen molar-refractivity contribution in [1.82, 2.24) is 4.98 Å². The fourth-order valence-corrected chi connectivity index (χ4v) is 2.63. The van der Waals surface area contributed by atoms with Gasteiger partial charge in [-0.15, -0.1) is 0 Å². The Morgan fingerprint density at radius 1 is 1.33 bits per heavy atom. The fraction of sp³-hybridized carbons (Fsp3) is 0.188. The van der Waals surface area contributed by atoms with Crippen LogP contribution in [0.2, 0.25) is 0 Å². The first kappa shape index (κ1) is 13.1. The van der Waals surface area contributed by atoms with Crippen molar-refractivity contribution >= 4 is 11.8 Å². The average Bonchev–Trinajstić information content (AvgIpc) is 2.53. The first-order chi connectivity index (χ1) is 10.2. The van der Waals surface area contributed by atoms with Gasteiger partial charge >= 0.3 is 5.97 Å². The zero-order chi connectivity index (χ0) is 14.8. The number of nitrogens with zero attached hydrogens (tertiary/aromatic N) is 3. The van der Waals surface area contributed by atoms with Crippen LogP contribution >= 0.6 is 0 Å². The van der Waals surface area contributed by atoms with E-state index < -0.39 is 11.9 Å². The van der Waals surface area contributed by atoms with E-state index in [0.29, 0.717) is 24.5 Å². The third kappa shape index (κ3) is 2.43. The van der Waals surface area contributed by atoms with Crippen molar-refractivity contribution in [2.24, 2.45) is 0 Å². The van der Waals surface area contributed by atoms with Gasteiger partial charge < -0.3 is 10.0 Å². The van der Waals surface area contributed by atoms with Crippen molar-refractivity contribution in [1.29, 1.82) is 5.26 Å². The first-order valence-corrected chi connectivity index (χ1v) is 6.61. The Morgan fingerprint density at radius 3 is 2.81 bits per heavy atom. The predicted octanol–water partition coefficient (Wildman–Crippen LogP) is 2.14. The quantitative estimate of drug-likeness (QED) is 0.911. The number of aliphatic carboxylic acids is 1. The number of carboxylic acids is 1. The summed E-state index contributed by atoms with van der Waals surface area (Å²) in [5.74, 6) is -0.706. The second-order valence-electron chi connectivity index (χ2n) is 4.99. The fourth-order valence-electron chi connectivity index (χ4n) is 2.63. The lowest BCUT2D eigenvalue weighted by molar-refractivity contribution is -0.138. The molecule has 2 aromatic rings. The van der Waals surface area contributed by atoms with Crippen molar-refractivity contribution in [3.05, 3.63) is 59.3 Å². The summed E-state index contributed by atoms with van der Waals surface area (Å²) in [6.07, 6.45) is 1.51. The van der Waals surface area contributed by atoms with Crippen LogP contribution in [0.3, 0.4) is 0 Å². The van der Waals surface area contributed by atoms with Gasteiger partial charge in [0.05, 0.1) is 11.5 Å². The number of nitriles is 1. The molecule has 1 aromatic heterocycles. The van der Waals surface area contributed by atoms with Crippen LogP contribution in [-0.4, -0.2) is 22.6 Å². The Hall–Kier alpha value is -2.87. The topological polar surface area (TPSA) is 77.2 Å². The van der Waals surface area contributed by atoms with Gasteiger partial charge in [0.15, 0.2) is 0 Å². The van der Waals surface area contributed by atoms with Crippen LogP contribution in [0.1, 0.15) is 22.6 Å². The molecule has 0 radical (unpaired) electrons. The van der Waals surface area contributed by atoms with Crippen molar-refractivity contribution in [3.8, 4) is 6.07 Å². The summed E-state index contributed by atoms with van der Waals surface area (Å²) in [6.45, 7) is 1.00. The number of carbonyl (C=O) groups is 1. The van der Waals surface area contributed by atoms with Gasteiger partial charge in [0, 0.05) is 19.3 Å². The van der Waals surface area contributed by atoms with Gasteiger partial charge in [0.1, 0.15) is 11.9 Å². The molecule has 2 heterocycles. The lowest BCUT2D eigenvalue weighted by Gasteiger charge is -2.33. The molecule has 1 aliphatic rings. The van der Waals surface area contributed by atoms with Crippen LogP contribution in [-0.2, 0) is 11.3 Å². The molecular weight excluding hydrogens is 266 g/mol.